The van der Waals surface area contributed by atoms with Gasteiger partial charge in [0.05, 0.1) is 5.01 Å². The number of nitrogens with one attached hydrogen (secondary N) is 1. The second-order valence-electron chi connectivity index (χ2n) is 10.4. The van der Waals surface area contributed by atoms with Crippen LogP contribution in [0.15, 0.2) is 29.8 Å². The summed E-state index contributed by atoms with van der Waals surface area (Å²) in [6, 6.07) is 6.03. The van der Waals surface area contributed by atoms with Crippen molar-refractivity contribution in [2.24, 2.45) is 0 Å². The van der Waals surface area contributed by atoms with Crippen molar-refractivity contribution in [2.75, 3.05) is 49.5 Å². The first-order valence-electron chi connectivity index (χ1n) is 12.6. The van der Waals surface area contributed by atoms with Crippen LogP contribution in [0.5, 0.6) is 0 Å². The van der Waals surface area contributed by atoms with Crippen molar-refractivity contribution in [1.29, 1.82) is 0 Å². The van der Waals surface area contributed by atoms with E-state index in [2.05, 4.69) is 51.2 Å². The Morgan fingerprint density at radius 3 is 2.38 bits per heavy atom. The molecule has 1 N–H and O–H groups in total. The SMILES string of the molecule is CC(C)(C)c1nnc(NC(=O)c2csc(C3CCN(C(=O)N4CCN(c5ccccn5)CC4)CC3)n2)s1. The maximum Gasteiger partial charge on any atom is 0.320 e. The van der Waals surface area contributed by atoms with Gasteiger partial charge in [0.1, 0.15) is 16.5 Å². The number of hydrogen-bond donors (Lipinski definition) is 1. The van der Waals surface area contributed by atoms with Gasteiger partial charge < -0.3 is 14.7 Å². The number of rotatable bonds is 4. The Labute approximate surface area is 224 Å². The molecule has 37 heavy (non-hydrogen) atoms. The quantitative estimate of drug-likeness (QED) is 0.532. The molecule has 0 saturated carbocycles. The molecule has 0 bridgehead atoms. The maximum atomic E-state index is 13.1. The minimum Gasteiger partial charge on any atom is -0.353 e. The molecule has 0 aliphatic carbocycles. The van der Waals surface area contributed by atoms with Gasteiger partial charge >= 0.3 is 6.03 Å². The third-order valence-electron chi connectivity index (χ3n) is 6.68. The van der Waals surface area contributed by atoms with Gasteiger partial charge in [0.15, 0.2) is 0 Å². The topological polar surface area (TPSA) is 107 Å². The van der Waals surface area contributed by atoms with Gasteiger partial charge in [-0.25, -0.2) is 14.8 Å². The summed E-state index contributed by atoms with van der Waals surface area (Å²) in [6.45, 7) is 10.6. The van der Waals surface area contributed by atoms with Gasteiger partial charge in [-0.15, -0.1) is 21.5 Å². The highest BCUT2D eigenvalue weighted by Crippen LogP contribution is 2.32. The molecule has 2 aliphatic heterocycles. The van der Waals surface area contributed by atoms with E-state index in [0.717, 1.165) is 41.8 Å². The zero-order valence-corrected chi connectivity index (χ0v) is 23.0. The van der Waals surface area contributed by atoms with E-state index in [9.17, 15) is 9.59 Å². The van der Waals surface area contributed by atoms with Crippen molar-refractivity contribution in [3.8, 4) is 0 Å². The van der Waals surface area contributed by atoms with Gasteiger partial charge in [0.25, 0.3) is 5.91 Å². The van der Waals surface area contributed by atoms with Crippen LogP contribution in [0, 0.1) is 0 Å². The van der Waals surface area contributed by atoms with E-state index in [-0.39, 0.29) is 23.3 Å². The van der Waals surface area contributed by atoms with Gasteiger partial charge in [-0.1, -0.05) is 38.2 Å². The van der Waals surface area contributed by atoms with Crippen LogP contribution in [0.4, 0.5) is 15.7 Å². The Morgan fingerprint density at radius 1 is 1.00 bits per heavy atom. The highest BCUT2D eigenvalue weighted by molar-refractivity contribution is 7.15. The van der Waals surface area contributed by atoms with E-state index < -0.39 is 0 Å². The van der Waals surface area contributed by atoms with Gasteiger partial charge in [0, 0.05) is 62.2 Å². The molecule has 5 heterocycles. The molecule has 3 aromatic rings. The molecular weight excluding hydrogens is 508 g/mol. The highest BCUT2D eigenvalue weighted by atomic mass is 32.1. The van der Waals surface area contributed by atoms with E-state index in [1.54, 1.807) is 11.6 Å². The Bertz CT molecular complexity index is 1220. The molecule has 0 radical (unpaired) electrons. The third kappa shape index (κ3) is 5.90. The second kappa shape index (κ2) is 10.7. The Morgan fingerprint density at radius 2 is 1.73 bits per heavy atom. The number of urea groups is 1. The summed E-state index contributed by atoms with van der Waals surface area (Å²) < 4.78 is 0. The van der Waals surface area contributed by atoms with Crippen molar-refractivity contribution in [3.63, 3.8) is 0 Å². The Kier molecular flexibility index (Phi) is 7.38. The molecule has 0 unspecified atom stereocenters. The summed E-state index contributed by atoms with van der Waals surface area (Å²) >= 11 is 2.90. The Hall–Kier alpha value is -3.12. The van der Waals surface area contributed by atoms with Crippen LogP contribution in [0.2, 0.25) is 0 Å². The zero-order valence-electron chi connectivity index (χ0n) is 21.4. The number of thiazole rings is 1. The molecule has 0 atom stereocenters. The van der Waals surface area contributed by atoms with E-state index in [1.165, 1.54) is 22.7 Å². The number of aromatic nitrogens is 4. The maximum absolute atomic E-state index is 13.1. The van der Waals surface area contributed by atoms with E-state index >= 15 is 0 Å². The van der Waals surface area contributed by atoms with Crippen molar-refractivity contribution >= 4 is 45.6 Å². The standard InChI is InChI=1S/C25H32N8O2S2/c1-25(2,3)22-29-30-23(37-22)28-20(34)18-16-36-21(27-18)17-7-10-32(11-8-17)24(35)33-14-12-31(13-15-33)19-6-4-5-9-26-19/h4-6,9,16-17H,7-8,10-15H2,1-3H3,(H,28,30,34). The number of anilines is 2. The molecule has 2 saturated heterocycles. The molecule has 10 nitrogen and oxygen atoms in total. The lowest BCUT2D eigenvalue weighted by Crippen LogP contribution is -2.54. The van der Waals surface area contributed by atoms with Gasteiger partial charge in [-0.2, -0.15) is 0 Å². The third-order valence-corrected chi connectivity index (χ3v) is 8.95. The number of nitrogens with zero attached hydrogens (tertiary/aromatic N) is 7. The number of likely N-dealkylation sites (tertiary alicyclic amines) is 1. The van der Waals surface area contributed by atoms with Crippen LogP contribution < -0.4 is 10.2 Å². The average molecular weight is 541 g/mol. The number of piperazine rings is 1. The summed E-state index contributed by atoms with van der Waals surface area (Å²) in [5, 5.41) is 15.2. The van der Waals surface area contributed by atoms with Crippen LogP contribution in [-0.4, -0.2) is 81.2 Å². The largest absolute Gasteiger partial charge is 0.353 e. The monoisotopic (exact) mass is 540 g/mol. The summed E-state index contributed by atoms with van der Waals surface area (Å²) in [5.74, 6) is 0.951. The molecule has 3 amide bonds. The van der Waals surface area contributed by atoms with Crippen LogP contribution in [-0.2, 0) is 5.41 Å². The number of piperidine rings is 1. The molecule has 12 heteroatoms. The average Bonchev–Trinajstić information content (AvgIpc) is 3.60. The summed E-state index contributed by atoms with van der Waals surface area (Å²) in [5.41, 5.74) is 0.287. The molecule has 2 aliphatic rings. The van der Waals surface area contributed by atoms with Gasteiger partial charge in [-0.05, 0) is 25.0 Å². The van der Waals surface area contributed by atoms with Crippen molar-refractivity contribution < 1.29 is 9.59 Å². The van der Waals surface area contributed by atoms with Crippen LogP contribution in [0.25, 0.3) is 0 Å². The highest BCUT2D eigenvalue weighted by Gasteiger charge is 2.30. The van der Waals surface area contributed by atoms with Crippen molar-refractivity contribution in [3.05, 3.63) is 45.5 Å². The fraction of sp³-hybridized carbons (Fsp3) is 0.520. The van der Waals surface area contributed by atoms with Crippen molar-refractivity contribution in [2.45, 2.75) is 44.9 Å². The fourth-order valence-electron chi connectivity index (χ4n) is 4.50. The molecule has 3 aromatic heterocycles. The molecule has 0 aromatic carbocycles. The minimum atomic E-state index is -0.267. The normalized spacial score (nSPS) is 17.2. The van der Waals surface area contributed by atoms with E-state index in [0.29, 0.717) is 37.0 Å². The lowest BCUT2D eigenvalue weighted by Gasteiger charge is -2.39. The summed E-state index contributed by atoms with van der Waals surface area (Å²) in [4.78, 5) is 41.0. The second-order valence-corrected chi connectivity index (χ2v) is 12.3. The summed E-state index contributed by atoms with van der Waals surface area (Å²) in [7, 11) is 0. The van der Waals surface area contributed by atoms with Crippen LogP contribution in [0.1, 0.15) is 60.0 Å². The van der Waals surface area contributed by atoms with Gasteiger partial charge in [0.2, 0.25) is 5.13 Å². The number of pyridine rings is 1. The van der Waals surface area contributed by atoms with Crippen LogP contribution >= 0.6 is 22.7 Å². The van der Waals surface area contributed by atoms with E-state index in [4.69, 9.17) is 0 Å². The predicted molar refractivity (Wildman–Crippen MR) is 146 cm³/mol. The number of hydrogen-bond acceptors (Lipinski definition) is 9. The molecule has 196 valence electrons. The van der Waals surface area contributed by atoms with Gasteiger partial charge in [-0.3, -0.25) is 10.1 Å². The number of amides is 3. The molecule has 0 spiro atoms. The zero-order chi connectivity index (χ0) is 26.0. The van der Waals surface area contributed by atoms with E-state index in [1.807, 2.05) is 28.0 Å². The van der Waals surface area contributed by atoms with Crippen LogP contribution in [0.3, 0.4) is 0 Å². The fourth-order valence-corrected chi connectivity index (χ4v) is 6.27. The first kappa shape index (κ1) is 25.5. The lowest BCUT2D eigenvalue weighted by molar-refractivity contribution is 0.102. The smallest absolute Gasteiger partial charge is 0.320 e. The summed E-state index contributed by atoms with van der Waals surface area (Å²) in [6.07, 6.45) is 3.49. The molecular formula is C25H32N8O2S2. The first-order chi connectivity index (χ1) is 17.8. The predicted octanol–water partition coefficient (Wildman–Crippen LogP) is 4.06. The first-order valence-corrected chi connectivity index (χ1v) is 14.3. The molecule has 2 fully saturated rings. The van der Waals surface area contributed by atoms with Crippen molar-refractivity contribution in [1.82, 2.24) is 30.0 Å². The minimum absolute atomic E-state index is 0.112. The lowest BCUT2D eigenvalue weighted by atomic mass is 9.98. The number of carbonyl (C=O) groups excluding carboxylic acids is 2. The molecule has 5 rings (SSSR count). The Balaban J connectivity index is 1.10. The number of carbonyl (C=O) groups is 2.